The average Bonchev–Trinajstić information content (AvgIpc) is 3.35. The van der Waals surface area contributed by atoms with Crippen LogP contribution in [-0.2, 0) is 9.84 Å². The predicted octanol–water partition coefficient (Wildman–Crippen LogP) is 2.36. The van der Waals surface area contributed by atoms with Gasteiger partial charge in [0.2, 0.25) is 11.9 Å². The number of aliphatic imine (C=N–C) groups is 1. The summed E-state index contributed by atoms with van der Waals surface area (Å²) in [6, 6.07) is 16.5. The van der Waals surface area contributed by atoms with Gasteiger partial charge in [0.05, 0.1) is 30.6 Å². The van der Waals surface area contributed by atoms with Crippen LogP contribution in [0.3, 0.4) is 0 Å². The molecule has 0 spiro atoms. The van der Waals surface area contributed by atoms with Gasteiger partial charge in [0.25, 0.3) is 0 Å². The van der Waals surface area contributed by atoms with Gasteiger partial charge in [-0.05, 0) is 18.6 Å². The fourth-order valence-corrected chi connectivity index (χ4v) is 4.90. The number of carbonyl (C=O) groups excluding carboxylic acids is 1. The monoisotopic (exact) mass is 533 g/mol. The topological polar surface area (TPSA) is 138 Å². The van der Waals surface area contributed by atoms with Crippen LogP contribution in [0.2, 0.25) is 0 Å². The van der Waals surface area contributed by atoms with E-state index in [1.54, 1.807) is 23.1 Å². The molecule has 1 fully saturated rings. The lowest BCUT2D eigenvalue weighted by molar-refractivity contribution is 0.103. The van der Waals surface area contributed by atoms with Gasteiger partial charge in [0.15, 0.2) is 15.6 Å². The van der Waals surface area contributed by atoms with E-state index in [0.717, 1.165) is 5.56 Å². The number of guanidine groups is 1. The molecule has 0 amide bonds. The second-order valence-corrected chi connectivity index (χ2v) is 10.5. The van der Waals surface area contributed by atoms with Crippen molar-refractivity contribution in [2.75, 3.05) is 43.1 Å². The first-order valence-corrected chi connectivity index (χ1v) is 13.1. The Kier molecular flexibility index (Phi) is 9.19. The highest BCUT2D eigenvalue weighted by Gasteiger charge is 2.25. The molecule has 1 aliphatic heterocycles. The second kappa shape index (κ2) is 12.1. The number of rotatable bonds is 7. The molecule has 10 nitrogen and oxygen atoms in total. The first kappa shape index (κ1) is 27.3. The first-order valence-electron chi connectivity index (χ1n) is 11.3. The Bertz CT molecular complexity index is 1300. The van der Waals surface area contributed by atoms with Crippen LogP contribution < -0.4 is 5.32 Å². The second-order valence-electron chi connectivity index (χ2n) is 8.18. The molecule has 1 saturated heterocycles. The van der Waals surface area contributed by atoms with Crippen LogP contribution in [0.25, 0.3) is 0 Å². The largest absolute Gasteiger partial charge is 0.407 e. The van der Waals surface area contributed by atoms with Crippen molar-refractivity contribution < 1.29 is 22.7 Å². The highest BCUT2D eigenvalue weighted by atomic mass is 35.5. The van der Waals surface area contributed by atoms with Gasteiger partial charge in [-0.15, -0.1) is 17.5 Å². The number of nitrogens with one attached hydrogen (secondary N) is 1. The first-order chi connectivity index (χ1) is 16.9. The van der Waals surface area contributed by atoms with Crippen molar-refractivity contribution in [1.29, 1.82) is 0 Å². The molecule has 1 aromatic heterocycles. The van der Waals surface area contributed by atoms with E-state index >= 15 is 0 Å². The van der Waals surface area contributed by atoms with Crippen molar-refractivity contribution in [2.24, 2.45) is 4.99 Å². The van der Waals surface area contributed by atoms with Crippen molar-refractivity contribution in [3.8, 4) is 0 Å². The molecule has 1 atom stereocenters. The summed E-state index contributed by atoms with van der Waals surface area (Å²) in [5, 5.41) is 20.3. The summed E-state index contributed by atoms with van der Waals surface area (Å²) < 4.78 is 29.3. The third-order valence-corrected chi connectivity index (χ3v) is 7.33. The molecule has 192 valence electrons. The Morgan fingerprint density at radius 3 is 2.50 bits per heavy atom. The maximum Gasteiger partial charge on any atom is 0.322 e. The highest BCUT2D eigenvalue weighted by molar-refractivity contribution is 7.91. The summed E-state index contributed by atoms with van der Waals surface area (Å²) in [5.41, 5.74) is 2.02. The number of halogens is 1. The van der Waals surface area contributed by atoms with E-state index in [0.29, 0.717) is 23.0 Å². The number of carbonyl (C=O) groups is 1. The number of hydrogen-bond acceptors (Lipinski definition) is 8. The minimum absolute atomic E-state index is 0. The van der Waals surface area contributed by atoms with Crippen LogP contribution in [-0.4, -0.2) is 78.1 Å². The van der Waals surface area contributed by atoms with E-state index in [9.17, 15) is 18.3 Å². The van der Waals surface area contributed by atoms with Crippen LogP contribution >= 0.6 is 12.4 Å². The molecule has 4 rings (SSSR count). The predicted molar refractivity (Wildman–Crippen MR) is 139 cm³/mol. The molecule has 12 heteroatoms. The standard InChI is InChI=1S/C24H27N5O5S.ClH/c1-17(19-8-5-9-20(16-19)21(31)18-6-3-2-4-7-18)22-27-28-24(34-22)26-23(25-10-13-30)29-11-14-35(32,33)15-12-29;/h2-9,16-17,30H,10-15H2,1H3,(H,25,26,28);1H. The SMILES string of the molecule is CC(c1cccc(C(=O)c2ccccc2)c1)c1nnc(NC(=NCCO)N2CCS(=O)(=O)CC2)o1.Cl. The fourth-order valence-electron chi connectivity index (χ4n) is 3.70. The van der Waals surface area contributed by atoms with E-state index in [4.69, 9.17) is 4.42 Å². The van der Waals surface area contributed by atoms with E-state index < -0.39 is 9.84 Å². The van der Waals surface area contributed by atoms with Gasteiger partial charge < -0.3 is 14.4 Å². The molecule has 1 unspecified atom stereocenters. The minimum Gasteiger partial charge on any atom is -0.407 e. The number of aliphatic hydroxyl groups excluding tert-OH is 1. The number of aliphatic hydroxyl groups is 1. The molecule has 0 radical (unpaired) electrons. The lowest BCUT2D eigenvalue weighted by atomic mass is 9.96. The Morgan fingerprint density at radius 2 is 1.81 bits per heavy atom. The number of benzene rings is 2. The molecule has 3 aromatic rings. The van der Waals surface area contributed by atoms with Crippen LogP contribution in [0.4, 0.5) is 6.01 Å². The normalized spacial score (nSPS) is 16.2. The van der Waals surface area contributed by atoms with Crippen LogP contribution in [0.5, 0.6) is 0 Å². The quantitative estimate of drug-likeness (QED) is 0.266. The third kappa shape index (κ3) is 6.68. The third-order valence-electron chi connectivity index (χ3n) is 5.72. The van der Waals surface area contributed by atoms with E-state index in [-0.39, 0.29) is 67.9 Å². The van der Waals surface area contributed by atoms with Crippen molar-refractivity contribution in [3.05, 3.63) is 77.2 Å². The molecule has 2 aromatic carbocycles. The lowest BCUT2D eigenvalue weighted by Crippen LogP contribution is -2.46. The Balaban J connectivity index is 0.00000361. The lowest BCUT2D eigenvalue weighted by Gasteiger charge is -2.29. The minimum atomic E-state index is -3.06. The molecular weight excluding hydrogens is 506 g/mol. The smallest absolute Gasteiger partial charge is 0.322 e. The molecular formula is C24H28ClN5O5S. The number of ketones is 1. The van der Waals surface area contributed by atoms with Crippen molar-refractivity contribution in [2.45, 2.75) is 12.8 Å². The van der Waals surface area contributed by atoms with Crippen molar-refractivity contribution in [1.82, 2.24) is 15.1 Å². The number of anilines is 1. The van der Waals surface area contributed by atoms with E-state index in [1.165, 1.54) is 0 Å². The zero-order valence-electron chi connectivity index (χ0n) is 19.7. The molecule has 0 saturated carbocycles. The molecule has 1 aliphatic rings. The van der Waals surface area contributed by atoms with Crippen LogP contribution in [0.15, 0.2) is 64.0 Å². The van der Waals surface area contributed by atoms with Crippen molar-refractivity contribution >= 4 is 40.0 Å². The summed E-state index contributed by atoms with van der Waals surface area (Å²) in [6.07, 6.45) is 0. The summed E-state index contributed by atoms with van der Waals surface area (Å²) in [4.78, 5) is 18.9. The van der Waals surface area contributed by atoms with Gasteiger partial charge in [-0.25, -0.2) is 8.42 Å². The molecule has 0 bridgehead atoms. The highest BCUT2D eigenvalue weighted by Crippen LogP contribution is 2.26. The number of aromatic nitrogens is 2. The number of nitrogens with zero attached hydrogens (tertiary/aromatic N) is 4. The van der Waals surface area contributed by atoms with Gasteiger partial charge in [0, 0.05) is 24.2 Å². The molecule has 2 heterocycles. The summed E-state index contributed by atoms with van der Waals surface area (Å²) >= 11 is 0. The maximum atomic E-state index is 12.8. The Labute approximate surface area is 215 Å². The van der Waals surface area contributed by atoms with Crippen LogP contribution in [0.1, 0.15) is 40.2 Å². The Morgan fingerprint density at radius 1 is 1.11 bits per heavy atom. The van der Waals surface area contributed by atoms with Gasteiger partial charge >= 0.3 is 6.01 Å². The van der Waals surface area contributed by atoms with E-state index in [1.807, 2.05) is 43.3 Å². The zero-order valence-corrected chi connectivity index (χ0v) is 21.3. The Hall–Kier alpha value is -3.28. The maximum absolute atomic E-state index is 12.8. The van der Waals surface area contributed by atoms with Gasteiger partial charge in [-0.3, -0.25) is 15.1 Å². The van der Waals surface area contributed by atoms with Crippen LogP contribution in [0, 0.1) is 0 Å². The van der Waals surface area contributed by atoms with Crippen molar-refractivity contribution in [3.63, 3.8) is 0 Å². The summed E-state index contributed by atoms with van der Waals surface area (Å²) in [6.45, 7) is 2.45. The average molecular weight is 534 g/mol. The van der Waals surface area contributed by atoms with Gasteiger partial charge in [-0.1, -0.05) is 53.6 Å². The summed E-state index contributed by atoms with van der Waals surface area (Å²) in [7, 11) is -3.06. The number of sulfone groups is 1. The zero-order chi connectivity index (χ0) is 24.8. The van der Waals surface area contributed by atoms with Gasteiger partial charge in [-0.2, -0.15) is 0 Å². The molecule has 36 heavy (non-hydrogen) atoms. The van der Waals surface area contributed by atoms with E-state index in [2.05, 4.69) is 20.5 Å². The summed E-state index contributed by atoms with van der Waals surface area (Å²) in [5.74, 6) is 0.417. The molecule has 2 N–H and O–H groups in total. The molecule has 0 aliphatic carbocycles. The van der Waals surface area contributed by atoms with Gasteiger partial charge in [0.1, 0.15) is 0 Å². The fraction of sp³-hybridized carbons (Fsp3) is 0.333. The number of hydrogen-bond donors (Lipinski definition) is 2.